The number of aryl methyl sites for hydroxylation is 1. The molecule has 1 heterocycles. The second-order valence-corrected chi connectivity index (χ2v) is 4.74. The number of nitrogens with two attached hydrogens (primary N) is 1. The van der Waals surface area contributed by atoms with E-state index in [0.29, 0.717) is 34.6 Å². The molecule has 0 amide bonds. The van der Waals surface area contributed by atoms with Crippen molar-refractivity contribution in [2.24, 2.45) is 12.8 Å². The largest absolute Gasteiger partial charge is 0.484 e. The lowest BCUT2D eigenvalue weighted by Gasteiger charge is -2.12. The molecule has 1 aromatic carbocycles. The Balaban J connectivity index is 2.18. The van der Waals surface area contributed by atoms with Crippen molar-refractivity contribution in [1.29, 1.82) is 0 Å². The predicted octanol–water partition coefficient (Wildman–Crippen LogP) is 1.60. The van der Waals surface area contributed by atoms with Gasteiger partial charge in [-0.3, -0.25) is 0 Å². The third-order valence-corrected chi connectivity index (χ3v) is 2.89. The fourth-order valence-electron chi connectivity index (χ4n) is 1.63. The summed E-state index contributed by atoms with van der Waals surface area (Å²) in [6, 6.07) is 3.42. The number of halogens is 2. The molecule has 2 N–H and O–H groups in total. The van der Waals surface area contributed by atoms with Crippen molar-refractivity contribution < 1.29 is 4.74 Å². The minimum Gasteiger partial charge on any atom is -0.484 e. The van der Waals surface area contributed by atoms with E-state index < -0.39 is 0 Å². The Morgan fingerprint density at radius 2 is 2.16 bits per heavy atom. The normalized spacial score (nSPS) is 10.7. The van der Waals surface area contributed by atoms with Crippen molar-refractivity contribution in [1.82, 2.24) is 20.2 Å². The molecule has 0 aliphatic carbocycles. The summed E-state index contributed by atoms with van der Waals surface area (Å²) >= 11 is 12.1. The fraction of sp³-hybridized carbons (Fsp3) is 0.364. The van der Waals surface area contributed by atoms with Crippen LogP contribution in [0, 0.1) is 0 Å². The standard InChI is InChI=1S/C11H13Cl2N5O/c1-18-16-10(15-17-18)6-19-11-7(2-3-14)4-8(12)5-9(11)13/h4-5H,2-3,6,14H2,1H3. The highest BCUT2D eigenvalue weighted by Crippen LogP contribution is 2.33. The van der Waals surface area contributed by atoms with Crippen molar-refractivity contribution in [3.63, 3.8) is 0 Å². The quantitative estimate of drug-likeness (QED) is 0.907. The Morgan fingerprint density at radius 3 is 2.79 bits per heavy atom. The molecule has 6 nitrogen and oxygen atoms in total. The third kappa shape index (κ3) is 3.56. The summed E-state index contributed by atoms with van der Waals surface area (Å²) in [5.41, 5.74) is 6.43. The number of hydrogen-bond acceptors (Lipinski definition) is 5. The van der Waals surface area contributed by atoms with Crippen molar-refractivity contribution >= 4 is 23.2 Å². The lowest BCUT2D eigenvalue weighted by Crippen LogP contribution is -2.07. The van der Waals surface area contributed by atoms with E-state index in [1.165, 1.54) is 4.80 Å². The average Bonchev–Trinajstić information content (AvgIpc) is 2.74. The van der Waals surface area contributed by atoms with E-state index in [4.69, 9.17) is 33.7 Å². The summed E-state index contributed by atoms with van der Waals surface area (Å²) in [6.45, 7) is 0.670. The summed E-state index contributed by atoms with van der Waals surface area (Å²) in [6.07, 6.45) is 0.628. The molecule has 0 fully saturated rings. The monoisotopic (exact) mass is 301 g/mol. The first-order valence-corrected chi connectivity index (χ1v) is 6.39. The zero-order valence-corrected chi connectivity index (χ0v) is 11.8. The first-order chi connectivity index (χ1) is 9.10. The van der Waals surface area contributed by atoms with Crippen molar-refractivity contribution in [2.75, 3.05) is 6.54 Å². The lowest BCUT2D eigenvalue weighted by molar-refractivity contribution is 0.292. The van der Waals surface area contributed by atoms with Gasteiger partial charge in [-0.25, -0.2) is 0 Å². The summed E-state index contributed by atoms with van der Waals surface area (Å²) in [4.78, 5) is 1.36. The van der Waals surface area contributed by atoms with Gasteiger partial charge in [0.05, 0.1) is 12.1 Å². The summed E-state index contributed by atoms with van der Waals surface area (Å²) < 4.78 is 5.65. The van der Waals surface area contributed by atoms with Gasteiger partial charge < -0.3 is 10.5 Å². The lowest BCUT2D eigenvalue weighted by atomic mass is 10.1. The molecule has 2 rings (SSSR count). The Kier molecular flexibility index (Phi) is 4.57. The van der Waals surface area contributed by atoms with Crippen LogP contribution in [-0.4, -0.2) is 26.8 Å². The van der Waals surface area contributed by atoms with Crippen LogP contribution < -0.4 is 10.5 Å². The summed E-state index contributed by atoms with van der Waals surface area (Å²) in [5, 5.41) is 12.6. The van der Waals surface area contributed by atoms with Crippen LogP contribution >= 0.6 is 23.2 Å². The van der Waals surface area contributed by atoms with Crippen LogP contribution in [-0.2, 0) is 20.1 Å². The van der Waals surface area contributed by atoms with E-state index in [2.05, 4.69) is 15.4 Å². The van der Waals surface area contributed by atoms with Gasteiger partial charge in [0.2, 0.25) is 5.82 Å². The number of rotatable bonds is 5. The Hall–Kier alpha value is -1.37. The predicted molar refractivity (Wildman–Crippen MR) is 72.4 cm³/mol. The molecule has 0 unspecified atom stereocenters. The minimum atomic E-state index is 0.187. The fourth-order valence-corrected chi connectivity index (χ4v) is 2.22. The SMILES string of the molecule is Cn1nnc(COc2c(Cl)cc(Cl)cc2CCN)n1. The van der Waals surface area contributed by atoms with Gasteiger partial charge in [-0.05, 0) is 35.9 Å². The molecule has 0 saturated heterocycles. The van der Waals surface area contributed by atoms with Gasteiger partial charge in [0.25, 0.3) is 0 Å². The van der Waals surface area contributed by atoms with E-state index in [1.54, 1.807) is 19.2 Å². The highest BCUT2D eigenvalue weighted by atomic mass is 35.5. The second kappa shape index (κ2) is 6.18. The highest BCUT2D eigenvalue weighted by Gasteiger charge is 2.12. The van der Waals surface area contributed by atoms with Crippen molar-refractivity contribution in [3.8, 4) is 5.75 Å². The van der Waals surface area contributed by atoms with Crippen LogP contribution in [0.4, 0.5) is 0 Å². The molecule has 0 aliphatic heterocycles. The maximum Gasteiger partial charge on any atom is 0.212 e. The zero-order valence-electron chi connectivity index (χ0n) is 10.3. The Labute approximate surface area is 120 Å². The van der Waals surface area contributed by atoms with Crippen molar-refractivity contribution in [2.45, 2.75) is 13.0 Å². The van der Waals surface area contributed by atoms with E-state index in [-0.39, 0.29) is 6.61 Å². The number of hydrogen-bond donors (Lipinski definition) is 1. The first-order valence-electron chi connectivity index (χ1n) is 5.64. The molecule has 0 aliphatic rings. The molecule has 0 radical (unpaired) electrons. The van der Waals surface area contributed by atoms with Gasteiger partial charge in [0.1, 0.15) is 5.75 Å². The van der Waals surface area contributed by atoms with Gasteiger partial charge in [-0.2, -0.15) is 4.80 Å². The van der Waals surface area contributed by atoms with E-state index >= 15 is 0 Å². The van der Waals surface area contributed by atoms with Crippen LogP contribution in [0.1, 0.15) is 11.4 Å². The zero-order chi connectivity index (χ0) is 13.8. The van der Waals surface area contributed by atoms with Crippen molar-refractivity contribution in [3.05, 3.63) is 33.6 Å². The molecule has 0 bridgehead atoms. The maximum atomic E-state index is 6.13. The van der Waals surface area contributed by atoms with Crippen LogP contribution in [0.2, 0.25) is 10.0 Å². The molecule has 1 aromatic heterocycles. The Bertz CT molecular complexity index is 572. The molecule has 0 atom stereocenters. The number of aromatic nitrogens is 4. The van der Waals surface area contributed by atoms with Gasteiger partial charge in [0.15, 0.2) is 6.61 Å². The van der Waals surface area contributed by atoms with E-state index in [1.807, 2.05) is 0 Å². The molecule has 0 saturated carbocycles. The van der Waals surface area contributed by atoms with Crippen LogP contribution in [0.25, 0.3) is 0 Å². The number of benzene rings is 1. The number of ether oxygens (including phenoxy) is 1. The molecular formula is C11H13Cl2N5O. The molecule has 2 aromatic rings. The summed E-state index contributed by atoms with van der Waals surface area (Å²) in [5.74, 6) is 1.04. The van der Waals surface area contributed by atoms with Gasteiger partial charge in [-0.1, -0.05) is 23.2 Å². The molecular weight excluding hydrogens is 289 g/mol. The molecule has 8 heteroatoms. The second-order valence-electron chi connectivity index (χ2n) is 3.90. The number of tetrazole rings is 1. The van der Waals surface area contributed by atoms with Crippen LogP contribution in [0.15, 0.2) is 12.1 Å². The minimum absolute atomic E-state index is 0.187. The van der Waals surface area contributed by atoms with Gasteiger partial charge in [0, 0.05) is 5.02 Å². The van der Waals surface area contributed by atoms with E-state index in [0.717, 1.165) is 5.56 Å². The summed E-state index contributed by atoms with van der Waals surface area (Å²) in [7, 11) is 1.69. The van der Waals surface area contributed by atoms with Crippen LogP contribution in [0.5, 0.6) is 5.75 Å². The number of nitrogens with zero attached hydrogens (tertiary/aromatic N) is 4. The van der Waals surface area contributed by atoms with Crippen LogP contribution in [0.3, 0.4) is 0 Å². The maximum absolute atomic E-state index is 6.13. The topological polar surface area (TPSA) is 78.8 Å². The highest BCUT2D eigenvalue weighted by molar-refractivity contribution is 6.35. The van der Waals surface area contributed by atoms with Gasteiger partial charge in [-0.15, -0.1) is 10.2 Å². The first kappa shape index (κ1) is 14.0. The molecule has 0 spiro atoms. The van der Waals surface area contributed by atoms with Gasteiger partial charge >= 0.3 is 0 Å². The Morgan fingerprint density at radius 1 is 1.37 bits per heavy atom. The smallest absolute Gasteiger partial charge is 0.212 e. The molecule has 102 valence electrons. The van der Waals surface area contributed by atoms with E-state index in [9.17, 15) is 0 Å². The third-order valence-electron chi connectivity index (χ3n) is 2.39. The molecule has 19 heavy (non-hydrogen) atoms. The average molecular weight is 302 g/mol.